The van der Waals surface area contributed by atoms with E-state index >= 15 is 0 Å². The fourth-order valence-electron chi connectivity index (χ4n) is 4.30. The number of amides is 2. The van der Waals surface area contributed by atoms with E-state index in [1.54, 1.807) is 18.4 Å². The van der Waals surface area contributed by atoms with Crippen molar-refractivity contribution >= 4 is 23.2 Å². The SMILES string of the molecule is CNC(=O)[C@]1(Cc2cccc(-c3cccs3)c2)CCN(C(=O)[C@@H]2C[C@@H]2C)C1. The minimum Gasteiger partial charge on any atom is -0.359 e. The summed E-state index contributed by atoms with van der Waals surface area (Å²) >= 11 is 1.72. The highest BCUT2D eigenvalue weighted by molar-refractivity contribution is 7.13. The van der Waals surface area contributed by atoms with Crippen molar-refractivity contribution < 1.29 is 9.59 Å². The predicted molar refractivity (Wildman–Crippen MR) is 108 cm³/mol. The Morgan fingerprint density at radius 3 is 2.78 bits per heavy atom. The Kier molecular flexibility index (Phi) is 4.81. The Labute approximate surface area is 164 Å². The Balaban J connectivity index is 1.56. The van der Waals surface area contributed by atoms with Crippen molar-refractivity contribution in [2.75, 3.05) is 20.1 Å². The summed E-state index contributed by atoms with van der Waals surface area (Å²) in [6.45, 7) is 3.33. The van der Waals surface area contributed by atoms with Crippen molar-refractivity contribution in [2.45, 2.75) is 26.2 Å². The molecule has 142 valence electrons. The van der Waals surface area contributed by atoms with E-state index in [4.69, 9.17) is 0 Å². The number of thiophene rings is 1. The normalized spacial score (nSPS) is 26.8. The average molecular weight is 383 g/mol. The maximum absolute atomic E-state index is 12.8. The van der Waals surface area contributed by atoms with Gasteiger partial charge in [0.2, 0.25) is 11.8 Å². The average Bonchev–Trinajstić information content (AvgIpc) is 3.09. The van der Waals surface area contributed by atoms with Crippen LogP contribution in [0.5, 0.6) is 0 Å². The highest BCUT2D eigenvalue weighted by Gasteiger charge is 2.49. The van der Waals surface area contributed by atoms with Gasteiger partial charge in [0.25, 0.3) is 0 Å². The van der Waals surface area contributed by atoms with E-state index in [9.17, 15) is 9.59 Å². The maximum atomic E-state index is 12.8. The fraction of sp³-hybridized carbons (Fsp3) is 0.455. The molecule has 27 heavy (non-hydrogen) atoms. The number of carbonyl (C=O) groups excluding carboxylic acids is 2. The topological polar surface area (TPSA) is 49.4 Å². The van der Waals surface area contributed by atoms with E-state index in [-0.39, 0.29) is 17.7 Å². The van der Waals surface area contributed by atoms with Gasteiger partial charge in [-0.3, -0.25) is 9.59 Å². The van der Waals surface area contributed by atoms with Gasteiger partial charge >= 0.3 is 0 Å². The Morgan fingerprint density at radius 2 is 2.11 bits per heavy atom. The van der Waals surface area contributed by atoms with E-state index in [1.165, 1.54) is 10.4 Å². The van der Waals surface area contributed by atoms with Gasteiger partial charge in [-0.2, -0.15) is 0 Å². The van der Waals surface area contributed by atoms with Crippen molar-refractivity contribution in [1.29, 1.82) is 0 Å². The summed E-state index contributed by atoms with van der Waals surface area (Å²) in [4.78, 5) is 28.7. The number of rotatable bonds is 5. The lowest BCUT2D eigenvalue weighted by Gasteiger charge is -2.28. The lowest BCUT2D eigenvalue weighted by atomic mass is 9.79. The summed E-state index contributed by atoms with van der Waals surface area (Å²) in [5.41, 5.74) is 1.81. The molecule has 1 saturated carbocycles. The molecule has 1 N–H and O–H groups in total. The van der Waals surface area contributed by atoms with Gasteiger partial charge in [-0.15, -0.1) is 11.3 Å². The zero-order valence-corrected chi connectivity index (χ0v) is 16.7. The first-order valence-electron chi connectivity index (χ1n) is 9.66. The maximum Gasteiger partial charge on any atom is 0.228 e. The van der Waals surface area contributed by atoms with Gasteiger partial charge in [-0.05, 0) is 47.8 Å². The van der Waals surface area contributed by atoms with Crippen LogP contribution in [0, 0.1) is 17.3 Å². The molecule has 1 aromatic carbocycles. The summed E-state index contributed by atoms with van der Waals surface area (Å²) in [5.74, 6) is 0.950. The second-order valence-electron chi connectivity index (χ2n) is 8.04. The molecular formula is C22H26N2O2S. The standard InChI is InChI=1S/C22H26N2O2S/c1-15-11-18(15)20(25)24-9-8-22(14-24,21(26)23-2)13-16-5-3-6-17(12-16)19-7-4-10-27-19/h3-7,10,12,15,18H,8-9,11,13-14H2,1-2H3,(H,23,26)/t15-,18+,22-/m0/s1. The third-order valence-electron chi connectivity index (χ3n) is 6.08. The molecule has 0 unspecified atom stereocenters. The second kappa shape index (κ2) is 7.12. The molecule has 2 amide bonds. The van der Waals surface area contributed by atoms with Crippen LogP contribution in [0.1, 0.15) is 25.3 Å². The van der Waals surface area contributed by atoms with Crippen LogP contribution in [-0.2, 0) is 16.0 Å². The Morgan fingerprint density at radius 1 is 1.30 bits per heavy atom. The van der Waals surface area contributed by atoms with E-state index < -0.39 is 5.41 Å². The summed E-state index contributed by atoms with van der Waals surface area (Å²) in [5, 5.41) is 4.93. The molecule has 0 bridgehead atoms. The summed E-state index contributed by atoms with van der Waals surface area (Å²) in [7, 11) is 1.69. The number of hydrogen-bond donors (Lipinski definition) is 1. The molecular weight excluding hydrogens is 356 g/mol. The third-order valence-corrected chi connectivity index (χ3v) is 7.00. The number of benzene rings is 1. The van der Waals surface area contributed by atoms with Gasteiger partial charge in [0.05, 0.1) is 5.41 Å². The van der Waals surface area contributed by atoms with Gasteiger partial charge in [0.15, 0.2) is 0 Å². The van der Waals surface area contributed by atoms with Crippen LogP contribution < -0.4 is 5.32 Å². The third kappa shape index (κ3) is 3.53. The minimum atomic E-state index is -0.531. The van der Waals surface area contributed by atoms with Crippen molar-refractivity contribution in [3.8, 4) is 10.4 Å². The molecule has 2 fully saturated rings. The summed E-state index contributed by atoms with van der Waals surface area (Å²) < 4.78 is 0. The van der Waals surface area contributed by atoms with E-state index in [0.29, 0.717) is 25.4 Å². The number of nitrogens with one attached hydrogen (secondary N) is 1. The molecule has 1 saturated heterocycles. The van der Waals surface area contributed by atoms with Crippen molar-refractivity contribution in [2.24, 2.45) is 17.3 Å². The smallest absolute Gasteiger partial charge is 0.228 e. The van der Waals surface area contributed by atoms with Gasteiger partial charge < -0.3 is 10.2 Å². The first-order valence-corrected chi connectivity index (χ1v) is 10.5. The number of likely N-dealkylation sites (tertiary alicyclic amines) is 1. The molecule has 5 heteroatoms. The van der Waals surface area contributed by atoms with Crippen LogP contribution in [0.25, 0.3) is 10.4 Å². The van der Waals surface area contributed by atoms with Crippen LogP contribution in [0.2, 0.25) is 0 Å². The molecule has 0 radical (unpaired) electrons. The molecule has 4 rings (SSSR count). The van der Waals surface area contributed by atoms with E-state index in [0.717, 1.165) is 18.4 Å². The van der Waals surface area contributed by atoms with Crippen LogP contribution in [0.3, 0.4) is 0 Å². The van der Waals surface area contributed by atoms with E-state index in [2.05, 4.69) is 54.0 Å². The molecule has 2 aromatic rings. The fourth-order valence-corrected chi connectivity index (χ4v) is 5.03. The van der Waals surface area contributed by atoms with Crippen molar-refractivity contribution in [3.63, 3.8) is 0 Å². The first kappa shape index (κ1) is 18.2. The summed E-state index contributed by atoms with van der Waals surface area (Å²) in [6.07, 6.45) is 2.38. The van der Waals surface area contributed by atoms with Crippen LogP contribution >= 0.6 is 11.3 Å². The second-order valence-corrected chi connectivity index (χ2v) is 8.99. The van der Waals surface area contributed by atoms with Gasteiger partial charge in [-0.25, -0.2) is 0 Å². The number of carbonyl (C=O) groups is 2. The van der Waals surface area contributed by atoms with Crippen molar-refractivity contribution in [3.05, 3.63) is 47.3 Å². The Bertz CT molecular complexity index is 848. The largest absolute Gasteiger partial charge is 0.359 e. The predicted octanol–water partition coefficient (Wildman–Crippen LogP) is 3.58. The monoisotopic (exact) mass is 382 g/mol. The molecule has 3 atom stereocenters. The molecule has 4 nitrogen and oxygen atoms in total. The first-order chi connectivity index (χ1) is 13.0. The molecule has 1 aromatic heterocycles. The number of nitrogens with zero attached hydrogens (tertiary/aromatic N) is 1. The minimum absolute atomic E-state index is 0.0446. The van der Waals surface area contributed by atoms with Crippen LogP contribution in [0.4, 0.5) is 0 Å². The Hall–Kier alpha value is -2.14. The highest BCUT2D eigenvalue weighted by Crippen LogP contribution is 2.42. The van der Waals surface area contributed by atoms with Gasteiger partial charge in [0.1, 0.15) is 0 Å². The molecule has 2 heterocycles. The van der Waals surface area contributed by atoms with Crippen LogP contribution in [0.15, 0.2) is 41.8 Å². The molecule has 1 aliphatic heterocycles. The molecule has 0 spiro atoms. The zero-order valence-electron chi connectivity index (χ0n) is 15.9. The quantitative estimate of drug-likeness (QED) is 0.859. The molecule has 2 aliphatic rings. The lowest BCUT2D eigenvalue weighted by Crippen LogP contribution is -2.44. The highest BCUT2D eigenvalue weighted by atomic mass is 32.1. The molecule has 1 aliphatic carbocycles. The van der Waals surface area contributed by atoms with E-state index in [1.807, 2.05) is 4.90 Å². The summed E-state index contributed by atoms with van der Waals surface area (Å²) in [6, 6.07) is 12.6. The zero-order chi connectivity index (χ0) is 19.0. The van der Waals surface area contributed by atoms with Gasteiger partial charge in [0, 0.05) is 30.9 Å². The number of hydrogen-bond acceptors (Lipinski definition) is 3. The lowest BCUT2D eigenvalue weighted by molar-refractivity contribution is -0.134. The van der Waals surface area contributed by atoms with Crippen LogP contribution in [-0.4, -0.2) is 36.9 Å². The van der Waals surface area contributed by atoms with Gasteiger partial charge in [-0.1, -0.05) is 37.3 Å². The van der Waals surface area contributed by atoms with Crippen molar-refractivity contribution in [1.82, 2.24) is 10.2 Å².